The van der Waals surface area contributed by atoms with Gasteiger partial charge in [-0.25, -0.2) is 0 Å². The number of aromatic hydroxyl groups is 2. The van der Waals surface area contributed by atoms with E-state index in [1.165, 1.54) is 34.7 Å². The Balaban J connectivity index is 0.000000174. The van der Waals surface area contributed by atoms with E-state index in [4.69, 9.17) is 10.8 Å². The first-order valence-corrected chi connectivity index (χ1v) is 23.2. The molecule has 10 aromatic carbocycles. The van der Waals surface area contributed by atoms with E-state index in [1.807, 2.05) is 60.7 Å². The highest BCUT2D eigenvalue weighted by Gasteiger charge is 2.18. The van der Waals surface area contributed by atoms with E-state index in [1.54, 1.807) is 12.1 Å². The van der Waals surface area contributed by atoms with Gasteiger partial charge in [0.05, 0.1) is 0 Å². The molecule has 4 nitrogen and oxygen atoms in total. The van der Waals surface area contributed by atoms with Crippen LogP contribution in [0.25, 0.3) is 44.5 Å². The van der Waals surface area contributed by atoms with Crippen LogP contribution in [0.4, 0.5) is 0 Å². The van der Waals surface area contributed by atoms with Gasteiger partial charge in [0.2, 0.25) is 0 Å². The average molecular weight is 903 g/mol. The van der Waals surface area contributed by atoms with Crippen LogP contribution in [0, 0.1) is 10.8 Å². The van der Waals surface area contributed by atoms with Crippen molar-refractivity contribution in [2.24, 2.45) is 0 Å². The Kier molecular flexibility index (Phi) is 14.3. The van der Waals surface area contributed by atoms with Crippen LogP contribution in [0.1, 0.15) is 55.6 Å². The number of hydrogen-bond donors (Lipinski definition) is 4. The Hall–Kier alpha value is -9.38. The molecule has 0 fully saturated rings. The van der Waals surface area contributed by atoms with Crippen molar-refractivity contribution in [3.8, 4) is 33.8 Å². The van der Waals surface area contributed by atoms with Gasteiger partial charge in [-0.15, -0.1) is 0 Å². The van der Waals surface area contributed by atoms with E-state index in [0.29, 0.717) is 11.1 Å². The second kappa shape index (κ2) is 21.9. The van der Waals surface area contributed by atoms with Crippen molar-refractivity contribution >= 4 is 34.7 Å². The molecule has 336 valence electrons. The maximum atomic E-state index is 9.95. The van der Waals surface area contributed by atoms with Crippen molar-refractivity contribution in [3.63, 3.8) is 0 Å². The minimum absolute atomic E-state index is 0.116. The van der Waals surface area contributed by atoms with Crippen LogP contribution in [0.2, 0.25) is 0 Å². The molecular weight excluding hydrogens is 853 g/mol. The number of nitrogens with one attached hydrogen (secondary N) is 2. The topological polar surface area (TPSA) is 88.2 Å². The van der Waals surface area contributed by atoms with E-state index in [0.717, 1.165) is 66.8 Å². The first kappa shape index (κ1) is 45.8. The molecule has 0 saturated heterocycles. The van der Waals surface area contributed by atoms with Crippen molar-refractivity contribution in [3.05, 3.63) is 323 Å². The summed E-state index contributed by atoms with van der Waals surface area (Å²) in [6.45, 7) is 0. The smallest absolute Gasteiger partial charge is 0.124 e. The first-order chi connectivity index (χ1) is 34.5. The van der Waals surface area contributed by atoms with Gasteiger partial charge in [-0.05, 0) is 113 Å². The van der Waals surface area contributed by atoms with Crippen molar-refractivity contribution in [1.29, 1.82) is 10.8 Å². The van der Waals surface area contributed by atoms with E-state index < -0.39 is 0 Å². The van der Waals surface area contributed by atoms with Gasteiger partial charge < -0.3 is 21.0 Å². The van der Waals surface area contributed by atoms with Crippen LogP contribution in [0.3, 0.4) is 0 Å². The summed E-state index contributed by atoms with van der Waals surface area (Å²) in [6, 6.07) is 90.9. The van der Waals surface area contributed by atoms with E-state index in [-0.39, 0.29) is 11.5 Å². The van der Waals surface area contributed by atoms with Crippen molar-refractivity contribution < 1.29 is 10.2 Å². The predicted octanol–water partition coefficient (Wildman–Crippen LogP) is 16.1. The molecule has 0 amide bonds. The quantitative estimate of drug-likeness (QED) is 0.0727. The standard InChI is InChI=1S/2C33H25NO/c2*34-23-30-22-29(20-21-31(30)35)24-16-18-28(19-17-24)33(27-14-8-3-9-15-27)32(25-10-4-1-5-11-25)26-12-6-2-7-13-26/h2*1-23,34-35H. The Morgan fingerprint density at radius 2 is 0.443 bits per heavy atom. The van der Waals surface area contributed by atoms with Crippen LogP contribution in [0.5, 0.6) is 11.5 Å². The number of rotatable bonds is 12. The van der Waals surface area contributed by atoms with Crippen LogP contribution in [-0.4, -0.2) is 22.6 Å². The highest BCUT2D eigenvalue weighted by Crippen LogP contribution is 2.39. The molecule has 0 saturated carbocycles. The Bertz CT molecular complexity index is 3090. The molecule has 70 heavy (non-hydrogen) atoms. The van der Waals surface area contributed by atoms with E-state index in [2.05, 4.69) is 194 Å². The number of phenolic OH excluding ortho intramolecular Hbond substituents is 2. The summed E-state index contributed by atoms with van der Waals surface area (Å²) < 4.78 is 0. The monoisotopic (exact) mass is 902 g/mol. The van der Waals surface area contributed by atoms with Crippen LogP contribution in [0.15, 0.2) is 267 Å². The van der Waals surface area contributed by atoms with Crippen LogP contribution < -0.4 is 0 Å². The minimum Gasteiger partial charge on any atom is -0.507 e. The van der Waals surface area contributed by atoms with Gasteiger partial charge in [0.1, 0.15) is 11.5 Å². The summed E-state index contributed by atoms with van der Waals surface area (Å²) in [5, 5.41) is 35.0. The van der Waals surface area contributed by atoms with E-state index >= 15 is 0 Å². The van der Waals surface area contributed by atoms with Crippen molar-refractivity contribution in [2.45, 2.75) is 0 Å². The Labute approximate surface area is 410 Å². The number of benzene rings is 10. The molecule has 0 bridgehead atoms. The average Bonchev–Trinajstić information content (AvgIpc) is 3.43. The van der Waals surface area contributed by atoms with Crippen LogP contribution in [-0.2, 0) is 0 Å². The fourth-order valence-electron chi connectivity index (χ4n) is 8.81. The van der Waals surface area contributed by atoms with Gasteiger partial charge in [0.15, 0.2) is 0 Å². The van der Waals surface area contributed by atoms with E-state index in [9.17, 15) is 10.2 Å². The van der Waals surface area contributed by atoms with Gasteiger partial charge >= 0.3 is 0 Å². The SMILES string of the molecule is N=Cc1cc(-c2ccc(C(=C(c3ccccc3)c3ccccc3)c3ccccc3)cc2)ccc1O.N=Cc1cc(-c2ccc(C(=C(c3ccccc3)c3ccccc3)c3ccccc3)cc2)ccc1O. The third-order valence-corrected chi connectivity index (χ3v) is 12.3. The zero-order chi connectivity index (χ0) is 48.1. The molecular formula is C66H50N2O2. The molecule has 0 aliphatic heterocycles. The summed E-state index contributed by atoms with van der Waals surface area (Å²) in [5.41, 5.74) is 18.9. The third-order valence-electron chi connectivity index (χ3n) is 12.3. The van der Waals surface area contributed by atoms with Crippen molar-refractivity contribution in [1.82, 2.24) is 0 Å². The van der Waals surface area contributed by atoms with Gasteiger partial charge in [0, 0.05) is 23.6 Å². The Morgan fingerprint density at radius 3 is 0.657 bits per heavy atom. The summed E-state index contributed by atoms with van der Waals surface area (Å²) in [4.78, 5) is 0. The number of phenols is 2. The van der Waals surface area contributed by atoms with Gasteiger partial charge in [-0.1, -0.05) is 243 Å². The van der Waals surface area contributed by atoms with Gasteiger partial charge in [0.25, 0.3) is 0 Å². The molecule has 0 unspecified atom stereocenters. The second-order valence-corrected chi connectivity index (χ2v) is 16.7. The number of hydrogen-bond acceptors (Lipinski definition) is 4. The lowest BCUT2D eigenvalue weighted by atomic mass is 9.85. The molecule has 0 radical (unpaired) electrons. The molecule has 4 heteroatoms. The molecule has 10 aromatic rings. The first-order valence-electron chi connectivity index (χ1n) is 23.2. The summed E-state index contributed by atoms with van der Waals surface area (Å²) >= 11 is 0. The fraction of sp³-hybridized carbons (Fsp3) is 0. The Morgan fingerprint density at radius 1 is 0.243 bits per heavy atom. The van der Waals surface area contributed by atoms with Gasteiger partial charge in [-0.3, -0.25) is 0 Å². The van der Waals surface area contributed by atoms with Crippen LogP contribution >= 0.6 is 0 Å². The lowest BCUT2D eigenvalue weighted by molar-refractivity contribution is 0.474. The lowest BCUT2D eigenvalue weighted by Crippen LogP contribution is -1.97. The largest absolute Gasteiger partial charge is 0.507 e. The molecule has 0 spiro atoms. The summed E-state index contributed by atoms with van der Waals surface area (Å²) in [5.74, 6) is 0.232. The highest BCUT2D eigenvalue weighted by molar-refractivity contribution is 6.06. The lowest BCUT2D eigenvalue weighted by Gasteiger charge is -2.18. The molecule has 0 aliphatic carbocycles. The third kappa shape index (κ3) is 10.4. The molecule has 10 rings (SSSR count). The van der Waals surface area contributed by atoms with Gasteiger partial charge in [-0.2, -0.15) is 0 Å². The highest BCUT2D eigenvalue weighted by atomic mass is 16.3. The molecule has 0 heterocycles. The fourth-order valence-corrected chi connectivity index (χ4v) is 8.81. The zero-order valence-electron chi connectivity index (χ0n) is 38.5. The maximum Gasteiger partial charge on any atom is 0.124 e. The zero-order valence-corrected chi connectivity index (χ0v) is 38.5. The minimum atomic E-state index is 0.116. The molecule has 0 aliphatic rings. The summed E-state index contributed by atoms with van der Waals surface area (Å²) in [7, 11) is 0. The predicted molar refractivity (Wildman–Crippen MR) is 292 cm³/mol. The van der Waals surface area contributed by atoms with Crippen molar-refractivity contribution in [2.75, 3.05) is 0 Å². The molecule has 0 aromatic heterocycles. The summed E-state index contributed by atoms with van der Waals surface area (Å²) in [6.07, 6.45) is 2.35. The molecule has 0 atom stereocenters. The normalized spacial score (nSPS) is 10.5. The second-order valence-electron chi connectivity index (χ2n) is 16.7. The maximum absolute atomic E-state index is 9.95. The molecule has 4 N–H and O–H groups in total.